The summed E-state index contributed by atoms with van der Waals surface area (Å²) in [6, 6.07) is 7.14. The van der Waals surface area contributed by atoms with Crippen LogP contribution in [0.15, 0.2) is 24.3 Å². The molecule has 0 saturated heterocycles. The number of esters is 1. The van der Waals surface area contributed by atoms with Crippen LogP contribution in [0.3, 0.4) is 0 Å². The number of carbonyl (C=O) groups is 1. The molecule has 0 saturated carbocycles. The highest BCUT2D eigenvalue weighted by Gasteiger charge is 2.27. The largest absolute Gasteiger partial charge is 0.497 e. The van der Waals surface area contributed by atoms with Gasteiger partial charge in [-0.15, -0.1) is 0 Å². The van der Waals surface area contributed by atoms with Crippen LogP contribution in [0, 0.1) is 0 Å². The summed E-state index contributed by atoms with van der Waals surface area (Å²) in [5, 5.41) is 3.24. The van der Waals surface area contributed by atoms with Gasteiger partial charge in [-0.25, -0.2) is 4.79 Å². The van der Waals surface area contributed by atoms with E-state index in [1.165, 1.54) is 0 Å². The Morgan fingerprint density at radius 1 is 1.15 bits per heavy atom. The summed E-state index contributed by atoms with van der Waals surface area (Å²) in [6.07, 6.45) is 0. The van der Waals surface area contributed by atoms with Crippen LogP contribution in [-0.4, -0.2) is 24.7 Å². The van der Waals surface area contributed by atoms with Gasteiger partial charge in [0.25, 0.3) is 0 Å². The Hall–Kier alpha value is -1.55. The Morgan fingerprint density at radius 2 is 1.70 bits per heavy atom. The molecule has 1 atom stereocenters. The van der Waals surface area contributed by atoms with Crippen molar-refractivity contribution in [3.8, 4) is 5.75 Å². The molecule has 0 aromatic heterocycles. The SMILES string of the molecule is COc1ccc(C(NC(C)C)C(=O)OC(C)(C)C)cc1. The van der Waals surface area contributed by atoms with Crippen molar-refractivity contribution in [3.05, 3.63) is 29.8 Å². The van der Waals surface area contributed by atoms with Crippen molar-refractivity contribution in [1.29, 1.82) is 0 Å². The summed E-state index contributed by atoms with van der Waals surface area (Å²) in [6.45, 7) is 9.60. The van der Waals surface area contributed by atoms with Crippen molar-refractivity contribution in [1.82, 2.24) is 5.32 Å². The van der Waals surface area contributed by atoms with Crippen molar-refractivity contribution >= 4 is 5.97 Å². The maximum Gasteiger partial charge on any atom is 0.328 e. The number of hydrogen-bond acceptors (Lipinski definition) is 4. The van der Waals surface area contributed by atoms with Crippen LogP contribution in [0.5, 0.6) is 5.75 Å². The molecule has 1 aromatic rings. The Bertz CT molecular complexity index is 432. The summed E-state index contributed by atoms with van der Waals surface area (Å²) in [5.74, 6) is 0.498. The first-order valence-electron chi connectivity index (χ1n) is 6.86. The molecule has 0 bridgehead atoms. The topological polar surface area (TPSA) is 47.6 Å². The van der Waals surface area contributed by atoms with Crippen LogP contribution >= 0.6 is 0 Å². The van der Waals surface area contributed by atoms with Crippen LogP contribution in [0.4, 0.5) is 0 Å². The molecule has 0 aliphatic heterocycles. The van der Waals surface area contributed by atoms with E-state index in [2.05, 4.69) is 5.32 Å². The molecule has 0 aliphatic rings. The third kappa shape index (κ3) is 5.21. The van der Waals surface area contributed by atoms with Crippen LogP contribution < -0.4 is 10.1 Å². The maximum atomic E-state index is 12.3. The lowest BCUT2D eigenvalue weighted by atomic mass is 10.1. The zero-order chi connectivity index (χ0) is 15.3. The van der Waals surface area contributed by atoms with E-state index >= 15 is 0 Å². The first kappa shape index (κ1) is 16.5. The molecule has 1 unspecified atom stereocenters. The fraction of sp³-hybridized carbons (Fsp3) is 0.562. The molecule has 0 spiro atoms. The van der Waals surface area contributed by atoms with Crippen molar-refractivity contribution in [2.75, 3.05) is 7.11 Å². The molecule has 112 valence electrons. The van der Waals surface area contributed by atoms with E-state index in [-0.39, 0.29) is 12.0 Å². The molecular weight excluding hydrogens is 254 g/mol. The number of carbonyl (C=O) groups excluding carboxylic acids is 1. The van der Waals surface area contributed by atoms with E-state index in [0.29, 0.717) is 0 Å². The lowest BCUT2D eigenvalue weighted by molar-refractivity contribution is -0.157. The third-order valence-corrected chi connectivity index (χ3v) is 2.59. The number of hydrogen-bond donors (Lipinski definition) is 1. The van der Waals surface area contributed by atoms with Crippen molar-refractivity contribution < 1.29 is 14.3 Å². The smallest absolute Gasteiger partial charge is 0.328 e. The van der Waals surface area contributed by atoms with Gasteiger partial charge in [0.05, 0.1) is 7.11 Å². The van der Waals surface area contributed by atoms with Crippen LogP contribution in [0.1, 0.15) is 46.2 Å². The summed E-state index contributed by atoms with van der Waals surface area (Å²) >= 11 is 0. The van der Waals surface area contributed by atoms with Gasteiger partial charge in [-0.05, 0) is 52.3 Å². The monoisotopic (exact) mass is 279 g/mol. The number of ether oxygens (including phenoxy) is 2. The molecule has 0 radical (unpaired) electrons. The van der Waals surface area contributed by atoms with Crippen molar-refractivity contribution in [2.24, 2.45) is 0 Å². The summed E-state index contributed by atoms with van der Waals surface area (Å²) < 4.78 is 10.6. The molecule has 4 heteroatoms. The summed E-state index contributed by atoms with van der Waals surface area (Å²) in [5.41, 5.74) is 0.370. The molecule has 0 heterocycles. The van der Waals surface area contributed by atoms with Gasteiger partial charge in [0.1, 0.15) is 17.4 Å². The van der Waals surface area contributed by atoms with E-state index in [0.717, 1.165) is 11.3 Å². The van der Waals surface area contributed by atoms with Gasteiger partial charge in [-0.2, -0.15) is 0 Å². The molecule has 1 aromatic carbocycles. The number of methoxy groups -OCH3 is 1. The molecule has 0 fully saturated rings. The first-order valence-corrected chi connectivity index (χ1v) is 6.86. The van der Waals surface area contributed by atoms with Gasteiger partial charge < -0.3 is 9.47 Å². The molecule has 1 rings (SSSR count). The van der Waals surface area contributed by atoms with Gasteiger partial charge in [0.2, 0.25) is 0 Å². The fourth-order valence-electron chi connectivity index (χ4n) is 1.79. The normalized spacial score (nSPS) is 13.2. The lowest BCUT2D eigenvalue weighted by Gasteiger charge is -2.26. The Labute approximate surface area is 121 Å². The van der Waals surface area contributed by atoms with Gasteiger partial charge in [0, 0.05) is 6.04 Å². The van der Waals surface area contributed by atoms with Crippen LogP contribution in [-0.2, 0) is 9.53 Å². The first-order chi connectivity index (χ1) is 9.23. The second kappa shape index (κ2) is 6.75. The third-order valence-electron chi connectivity index (χ3n) is 2.59. The van der Waals surface area contributed by atoms with Gasteiger partial charge in [0.15, 0.2) is 0 Å². The van der Waals surface area contributed by atoms with Crippen molar-refractivity contribution in [2.45, 2.75) is 52.3 Å². The minimum Gasteiger partial charge on any atom is -0.497 e. The molecular formula is C16H25NO3. The Morgan fingerprint density at radius 3 is 2.10 bits per heavy atom. The second-order valence-corrected chi connectivity index (χ2v) is 6.06. The zero-order valence-corrected chi connectivity index (χ0v) is 13.2. The highest BCUT2D eigenvalue weighted by Crippen LogP contribution is 2.21. The number of rotatable bonds is 5. The number of nitrogens with one attached hydrogen (secondary N) is 1. The standard InChI is InChI=1S/C16H25NO3/c1-11(2)17-14(15(18)20-16(3,4)5)12-7-9-13(19-6)10-8-12/h7-11,14,17H,1-6H3. The van der Waals surface area contributed by atoms with E-state index in [1.807, 2.05) is 58.9 Å². The quantitative estimate of drug-likeness (QED) is 0.841. The predicted octanol–water partition coefficient (Wildman–Crippen LogP) is 3.08. The second-order valence-electron chi connectivity index (χ2n) is 6.06. The van der Waals surface area contributed by atoms with E-state index in [1.54, 1.807) is 7.11 Å². The molecule has 0 aliphatic carbocycles. The van der Waals surface area contributed by atoms with Crippen molar-refractivity contribution in [3.63, 3.8) is 0 Å². The van der Waals surface area contributed by atoms with Gasteiger partial charge in [-0.1, -0.05) is 12.1 Å². The molecule has 0 amide bonds. The average Bonchev–Trinajstić information content (AvgIpc) is 2.34. The molecule has 1 N–H and O–H groups in total. The average molecular weight is 279 g/mol. The highest BCUT2D eigenvalue weighted by molar-refractivity contribution is 5.78. The number of benzene rings is 1. The molecule has 20 heavy (non-hydrogen) atoms. The predicted molar refractivity (Wildman–Crippen MR) is 79.9 cm³/mol. The zero-order valence-electron chi connectivity index (χ0n) is 13.2. The fourth-order valence-corrected chi connectivity index (χ4v) is 1.79. The van der Waals surface area contributed by atoms with E-state index < -0.39 is 11.6 Å². The minimum atomic E-state index is -0.500. The van der Waals surface area contributed by atoms with E-state index in [9.17, 15) is 4.79 Å². The molecule has 4 nitrogen and oxygen atoms in total. The summed E-state index contributed by atoms with van der Waals surface area (Å²) in [7, 11) is 1.62. The van der Waals surface area contributed by atoms with Gasteiger partial charge in [-0.3, -0.25) is 5.32 Å². The van der Waals surface area contributed by atoms with E-state index in [4.69, 9.17) is 9.47 Å². The Kier molecular flexibility index (Phi) is 5.57. The minimum absolute atomic E-state index is 0.176. The lowest BCUT2D eigenvalue weighted by Crippen LogP contribution is -2.38. The summed E-state index contributed by atoms with van der Waals surface area (Å²) in [4.78, 5) is 12.3. The van der Waals surface area contributed by atoms with Crippen LogP contribution in [0.2, 0.25) is 0 Å². The highest BCUT2D eigenvalue weighted by atomic mass is 16.6. The van der Waals surface area contributed by atoms with Crippen LogP contribution in [0.25, 0.3) is 0 Å². The Balaban J connectivity index is 2.95. The van der Waals surface area contributed by atoms with Gasteiger partial charge >= 0.3 is 5.97 Å². The maximum absolute atomic E-state index is 12.3.